The highest BCUT2D eigenvalue weighted by Gasteiger charge is 2.16. The Labute approximate surface area is 104 Å². The van der Waals surface area contributed by atoms with E-state index >= 15 is 0 Å². The molecule has 0 bridgehead atoms. The fraction of sp³-hybridized carbons (Fsp3) is 1.00. The van der Waals surface area contributed by atoms with Crippen LogP contribution in [0.2, 0.25) is 0 Å². The molecule has 0 saturated carbocycles. The summed E-state index contributed by atoms with van der Waals surface area (Å²) in [5.41, 5.74) is 0. The minimum absolute atomic E-state index is 0.906. The monoisotopic (exact) mass is 226 g/mol. The van der Waals surface area contributed by atoms with Crippen LogP contribution in [0.25, 0.3) is 0 Å². The third-order valence-corrected chi connectivity index (χ3v) is 4.08. The third-order valence-electron chi connectivity index (χ3n) is 4.08. The average molecular weight is 226 g/mol. The first-order valence-corrected chi connectivity index (χ1v) is 7.51. The van der Waals surface area contributed by atoms with Crippen molar-refractivity contribution in [2.75, 3.05) is 0 Å². The van der Waals surface area contributed by atoms with E-state index in [1.807, 2.05) is 0 Å². The molecule has 0 nitrogen and oxygen atoms in total. The van der Waals surface area contributed by atoms with E-state index < -0.39 is 0 Å². The number of hydrogen-bond acceptors (Lipinski definition) is 0. The molecule has 0 aliphatic heterocycles. The minimum atomic E-state index is 0.906. The molecular formula is C16H34. The Morgan fingerprint density at radius 3 is 1.69 bits per heavy atom. The maximum Gasteiger partial charge on any atom is -0.0414 e. The molecule has 0 aromatic heterocycles. The lowest BCUT2D eigenvalue weighted by atomic mass is 9.82. The van der Waals surface area contributed by atoms with Gasteiger partial charge in [0.25, 0.3) is 0 Å². The molecule has 16 heavy (non-hydrogen) atoms. The molecule has 0 radical (unpaired) electrons. The van der Waals surface area contributed by atoms with Gasteiger partial charge in [-0.25, -0.2) is 0 Å². The molecule has 0 aromatic carbocycles. The van der Waals surface area contributed by atoms with Crippen LogP contribution in [0.5, 0.6) is 0 Å². The molecule has 0 aliphatic carbocycles. The van der Waals surface area contributed by atoms with Crippen LogP contribution in [0.1, 0.15) is 80.1 Å². The normalized spacial score (nSPS) is 19.1. The maximum absolute atomic E-state index is 2.45. The third kappa shape index (κ3) is 7.30. The summed E-state index contributed by atoms with van der Waals surface area (Å²) in [6, 6.07) is 0. The van der Waals surface area contributed by atoms with Crippen molar-refractivity contribution in [3.05, 3.63) is 0 Å². The first-order chi connectivity index (χ1) is 7.51. The zero-order valence-electron chi connectivity index (χ0n) is 12.6. The van der Waals surface area contributed by atoms with E-state index in [1.54, 1.807) is 0 Å². The van der Waals surface area contributed by atoms with E-state index in [0.717, 1.165) is 23.7 Å². The predicted molar refractivity (Wildman–Crippen MR) is 75.7 cm³/mol. The molecule has 0 spiro atoms. The lowest BCUT2D eigenvalue weighted by molar-refractivity contribution is 0.269. The Balaban J connectivity index is 3.80. The largest absolute Gasteiger partial charge is 0.0654 e. The van der Waals surface area contributed by atoms with Crippen molar-refractivity contribution in [2.45, 2.75) is 80.1 Å². The van der Waals surface area contributed by atoms with Crippen molar-refractivity contribution >= 4 is 0 Å². The molecule has 0 saturated heterocycles. The van der Waals surface area contributed by atoms with Gasteiger partial charge in [0.05, 0.1) is 0 Å². The zero-order chi connectivity index (χ0) is 12.6. The molecule has 0 rings (SSSR count). The molecule has 0 heterocycles. The van der Waals surface area contributed by atoms with E-state index in [4.69, 9.17) is 0 Å². The molecular weight excluding hydrogens is 192 g/mol. The Morgan fingerprint density at radius 2 is 1.19 bits per heavy atom. The molecule has 0 fully saturated rings. The second-order valence-corrected chi connectivity index (χ2v) is 6.21. The number of hydrogen-bond donors (Lipinski definition) is 0. The summed E-state index contributed by atoms with van der Waals surface area (Å²) in [6.45, 7) is 14.3. The van der Waals surface area contributed by atoms with Crippen molar-refractivity contribution in [1.82, 2.24) is 0 Å². The molecule has 98 valence electrons. The summed E-state index contributed by atoms with van der Waals surface area (Å²) in [4.78, 5) is 0. The van der Waals surface area contributed by atoms with Crippen LogP contribution in [0.3, 0.4) is 0 Å². The van der Waals surface area contributed by atoms with Crippen molar-refractivity contribution in [3.8, 4) is 0 Å². The van der Waals surface area contributed by atoms with E-state index in [0.29, 0.717) is 0 Å². The van der Waals surface area contributed by atoms with Gasteiger partial charge in [0.1, 0.15) is 0 Å². The fourth-order valence-corrected chi connectivity index (χ4v) is 3.00. The maximum atomic E-state index is 2.45. The van der Waals surface area contributed by atoms with Crippen LogP contribution in [0, 0.1) is 23.7 Å². The quantitative estimate of drug-likeness (QED) is 0.458. The highest BCUT2D eigenvalue weighted by Crippen LogP contribution is 2.27. The van der Waals surface area contributed by atoms with Gasteiger partial charge in [-0.15, -0.1) is 0 Å². The van der Waals surface area contributed by atoms with Crippen LogP contribution in [-0.4, -0.2) is 0 Å². The summed E-state index contributed by atoms with van der Waals surface area (Å²) < 4.78 is 0. The van der Waals surface area contributed by atoms with Gasteiger partial charge in [0, 0.05) is 0 Å². The Bertz CT molecular complexity index is 150. The van der Waals surface area contributed by atoms with E-state index in [2.05, 4.69) is 41.5 Å². The van der Waals surface area contributed by atoms with Crippen LogP contribution in [0.4, 0.5) is 0 Å². The topological polar surface area (TPSA) is 0 Å². The first-order valence-electron chi connectivity index (χ1n) is 7.51. The smallest absolute Gasteiger partial charge is 0.0414 e. The van der Waals surface area contributed by atoms with E-state index in [9.17, 15) is 0 Å². The molecule has 0 N–H and O–H groups in total. The highest BCUT2D eigenvalue weighted by atomic mass is 14.2. The van der Waals surface area contributed by atoms with Gasteiger partial charge in [0.15, 0.2) is 0 Å². The molecule has 0 amide bonds. The van der Waals surface area contributed by atoms with Gasteiger partial charge >= 0.3 is 0 Å². The Morgan fingerprint density at radius 1 is 0.625 bits per heavy atom. The van der Waals surface area contributed by atoms with Gasteiger partial charge in [-0.3, -0.25) is 0 Å². The van der Waals surface area contributed by atoms with Crippen LogP contribution in [-0.2, 0) is 0 Å². The highest BCUT2D eigenvalue weighted by molar-refractivity contribution is 4.67. The molecule has 0 aromatic rings. The molecule has 0 aliphatic rings. The van der Waals surface area contributed by atoms with Crippen LogP contribution < -0.4 is 0 Å². The molecule has 4 atom stereocenters. The lowest BCUT2D eigenvalue weighted by Crippen LogP contribution is -2.13. The van der Waals surface area contributed by atoms with Crippen molar-refractivity contribution in [1.29, 1.82) is 0 Å². The van der Waals surface area contributed by atoms with Gasteiger partial charge in [0.2, 0.25) is 0 Å². The predicted octanol–water partition coefficient (Wildman–Crippen LogP) is 5.91. The zero-order valence-corrected chi connectivity index (χ0v) is 12.6. The fourth-order valence-electron chi connectivity index (χ4n) is 3.00. The van der Waals surface area contributed by atoms with Gasteiger partial charge < -0.3 is 0 Å². The Hall–Kier alpha value is 0. The lowest BCUT2D eigenvalue weighted by Gasteiger charge is -2.24. The van der Waals surface area contributed by atoms with Gasteiger partial charge in [-0.1, -0.05) is 67.2 Å². The SMILES string of the molecule is CCCC(C)CC(C)CC(C)C(C)CCC. The van der Waals surface area contributed by atoms with Crippen molar-refractivity contribution in [3.63, 3.8) is 0 Å². The standard InChI is InChI=1S/C16H34/c1-7-9-13(3)11-14(4)12-16(6)15(5)10-8-2/h13-16H,7-12H2,1-6H3. The molecule has 4 unspecified atom stereocenters. The van der Waals surface area contributed by atoms with Gasteiger partial charge in [-0.2, -0.15) is 0 Å². The van der Waals surface area contributed by atoms with Crippen LogP contribution in [0.15, 0.2) is 0 Å². The minimum Gasteiger partial charge on any atom is -0.0654 e. The van der Waals surface area contributed by atoms with Gasteiger partial charge in [-0.05, 0) is 36.5 Å². The average Bonchev–Trinajstić information content (AvgIpc) is 2.17. The van der Waals surface area contributed by atoms with Crippen molar-refractivity contribution < 1.29 is 0 Å². The Kier molecular flexibility index (Phi) is 9.07. The van der Waals surface area contributed by atoms with Crippen molar-refractivity contribution in [2.24, 2.45) is 23.7 Å². The second kappa shape index (κ2) is 9.07. The second-order valence-electron chi connectivity index (χ2n) is 6.21. The summed E-state index contributed by atoms with van der Waals surface area (Å²) in [5, 5.41) is 0. The van der Waals surface area contributed by atoms with Crippen LogP contribution >= 0.6 is 0 Å². The molecule has 0 heteroatoms. The summed E-state index contributed by atoms with van der Waals surface area (Å²) in [5.74, 6) is 3.65. The summed E-state index contributed by atoms with van der Waals surface area (Å²) in [7, 11) is 0. The summed E-state index contributed by atoms with van der Waals surface area (Å²) >= 11 is 0. The number of rotatable bonds is 9. The first kappa shape index (κ1) is 16.0. The van der Waals surface area contributed by atoms with E-state index in [1.165, 1.54) is 38.5 Å². The summed E-state index contributed by atoms with van der Waals surface area (Å²) in [6.07, 6.45) is 8.34. The van der Waals surface area contributed by atoms with E-state index in [-0.39, 0.29) is 0 Å².